The van der Waals surface area contributed by atoms with Crippen LogP contribution in [0.1, 0.15) is 39.2 Å². The van der Waals surface area contributed by atoms with Crippen LogP contribution in [0.2, 0.25) is 0 Å². The van der Waals surface area contributed by atoms with Crippen molar-refractivity contribution in [3.8, 4) is 11.3 Å². The number of H-pyrrole nitrogens is 1. The summed E-state index contributed by atoms with van der Waals surface area (Å²) >= 11 is 0. The lowest BCUT2D eigenvalue weighted by Crippen LogP contribution is -2.21. The van der Waals surface area contributed by atoms with Gasteiger partial charge in [0.25, 0.3) is 5.78 Å². The van der Waals surface area contributed by atoms with Gasteiger partial charge in [-0.25, -0.2) is 4.98 Å². The van der Waals surface area contributed by atoms with E-state index in [1.807, 2.05) is 26.0 Å². The number of hydrogen-bond acceptors (Lipinski definition) is 3. The Morgan fingerprint density at radius 2 is 1.94 bits per heavy atom. The molecular formula is C14H12N2O2. The Balaban J connectivity index is 2.33. The normalized spacial score (nSPS) is 13.4. The van der Waals surface area contributed by atoms with Crippen molar-refractivity contribution in [2.24, 2.45) is 0 Å². The molecule has 1 heterocycles. The molecule has 4 heteroatoms. The van der Waals surface area contributed by atoms with E-state index in [1.165, 1.54) is 0 Å². The average Bonchev–Trinajstić information content (AvgIpc) is 2.80. The van der Waals surface area contributed by atoms with Crippen LogP contribution >= 0.6 is 0 Å². The highest BCUT2D eigenvalue weighted by molar-refractivity contribution is 6.52. The summed E-state index contributed by atoms with van der Waals surface area (Å²) in [7, 11) is 0. The molecule has 1 N–H and O–H groups in total. The van der Waals surface area contributed by atoms with Crippen LogP contribution < -0.4 is 0 Å². The Morgan fingerprint density at radius 3 is 2.67 bits per heavy atom. The van der Waals surface area contributed by atoms with Crippen molar-refractivity contribution in [2.45, 2.75) is 20.3 Å². The molecule has 1 aliphatic rings. The summed E-state index contributed by atoms with van der Waals surface area (Å²) in [5.74, 6) is -0.211. The second-order valence-electron chi connectivity index (χ2n) is 4.47. The predicted molar refractivity (Wildman–Crippen MR) is 66.8 cm³/mol. The summed E-state index contributed by atoms with van der Waals surface area (Å²) in [6, 6.07) is 5.53. The third-order valence-electron chi connectivity index (χ3n) is 3.20. The van der Waals surface area contributed by atoms with E-state index in [0.717, 1.165) is 17.0 Å². The summed E-state index contributed by atoms with van der Waals surface area (Å²) < 4.78 is 0. The lowest BCUT2D eigenvalue weighted by atomic mass is 9.89. The third kappa shape index (κ3) is 1.35. The lowest BCUT2D eigenvalue weighted by molar-refractivity contribution is 0.0812. The van der Waals surface area contributed by atoms with E-state index in [9.17, 15) is 9.59 Å². The summed E-state index contributed by atoms with van der Waals surface area (Å²) in [5.41, 5.74) is 3.10. The van der Waals surface area contributed by atoms with Crippen LogP contribution in [0.5, 0.6) is 0 Å². The Bertz CT molecular complexity index is 683. The Hall–Kier alpha value is -2.23. The minimum atomic E-state index is -0.490. The number of rotatable bonds is 1. The zero-order valence-corrected chi connectivity index (χ0v) is 10.2. The van der Waals surface area contributed by atoms with Gasteiger partial charge in [-0.1, -0.05) is 24.6 Å². The minimum Gasteiger partial charge on any atom is -0.339 e. The number of ketones is 2. The molecule has 3 rings (SSSR count). The number of nitrogens with zero attached hydrogens (tertiary/aromatic N) is 1. The number of nitrogens with one attached hydrogen (secondary N) is 1. The Kier molecular flexibility index (Phi) is 2.20. The van der Waals surface area contributed by atoms with Gasteiger partial charge < -0.3 is 4.98 Å². The van der Waals surface area contributed by atoms with Crippen molar-refractivity contribution in [3.05, 3.63) is 40.8 Å². The zero-order valence-electron chi connectivity index (χ0n) is 10.2. The van der Waals surface area contributed by atoms with Crippen LogP contribution in [-0.4, -0.2) is 21.5 Å². The molecule has 4 nitrogen and oxygen atoms in total. The molecule has 1 aliphatic carbocycles. The van der Waals surface area contributed by atoms with Crippen molar-refractivity contribution in [1.82, 2.24) is 9.97 Å². The van der Waals surface area contributed by atoms with Crippen molar-refractivity contribution in [1.29, 1.82) is 0 Å². The summed E-state index contributed by atoms with van der Waals surface area (Å²) in [6.45, 7) is 3.85. The molecule has 0 unspecified atom stereocenters. The smallest absolute Gasteiger partial charge is 0.251 e. The second-order valence-corrected chi connectivity index (χ2v) is 4.47. The highest BCUT2D eigenvalue weighted by Gasteiger charge is 2.33. The van der Waals surface area contributed by atoms with Gasteiger partial charge >= 0.3 is 0 Å². The first-order valence-corrected chi connectivity index (χ1v) is 5.90. The molecule has 1 aromatic heterocycles. The molecule has 18 heavy (non-hydrogen) atoms. The second kappa shape index (κ2) is 3.63. The van der Waals surface area contributed by atoms with Gasteiger partial charge in [-0.2, -0.15) is 0 Å². The highest BCUT2D eigenvalue weighted by Crippen LogP contribution is 2.32. The van der Waals surface area contributed by atoms with E-state index in [-0.39, 0.29) is 0 Å². The van der Waals surface area contributed by atoms with Gasteiger partial charge in [-0.3, -0.25) is 9.59 Å². The van der Waals surface area contributed by atoms with E-state index in [0.29, 0.717) is 23.4 Å². The maximum Gasteiger partial charge on any atom is 0.251 e. The number of aryl methyl sites for hydroxylation is 2. The molecule has 0 bridgehead atoms. The highest BCUT2D eigenvalue weighted by atomic mass is 16.2. The molecule has 0 amide bonds. The maximum atomic E-state index is 12.0. The molecule has 0 saturated heterocycles. The first kappa shape index (κ1) is 10.9. The number of benzene rings is 1. The topological polar surface area (TPSA) is 62.8 Å². The molecular weight excluding hydrogens is 228 g/mol. The van der Waals surface area contributed by atoms with Crippen molar-refractivity contribution in [2.75, 3.05) is 0 Å². The Morgan fingerprint density at radius 1 is 1.17 bits per heavy atom. The third-order valence-corrected chi connectivity index (χ3v) is 3.20. The molecule has 0 atom stereocenters. The SMILES string of the molecule is CCc1nc2c([nH]1)C(=O)C(=O)c1cc(C)ccc1-2. The van der Waals surface area contributed by atoms with Gasteiger partial charge in [0.2, 0.25) is 5.78 Å². The van der Waals surface area contributed by atoms with Crippen LogP contribution in [0.15, 0.2) is 18.2 Å². The molecule has 0 saturated carbocycles. The van der Waals surface area contributed by atoms with Crippen LogP contribution in [0, 0.1) is 6.92 Å². The van der Waals surface area contributed by atoms with E-state index in [4.69, 9.17) is 0 Å². The summed E-state index contributed by atoms with van der Waals surface area (Å²) in [4.78, 5) is 31.4. The predicted octanol–water partition coefficient (Wildman–Crippen LogP) is 2.33. The van der Waals surface area contributed by atoms with Crippen molar-refractivity contribution >= 4 is 11.6 Å². The van der Waals surface area contributed by atoms with Crippen molar-refractivity contribution in [3.63, 3.8) is 0 Å². The van der Waals surface area contributed by atoms with E-state index in [1.54, 1.807) is 6.07 Å². The van der Waals surface area contributed by atoms with E-state index in [2.05, 4.69) is 9.97 Å². The van der Waals surface area contributed by atoms with Crippen LogP contribution in [0.4, 0.5) is 0 Å². The molecule has 0 aliphatic heterocycles. The number of aromatic amines is 1. The fourth-order valence-electron chi connectivity index (χ4n) is 2.24. The number of imidazole rings is 1. The van der Waals surface area contributed by atoms with E-state index >= 15 is 0 Å². The number of fused-ring (bicyclic) bond motifs is 3. The van der Waals surface area contributed by atoms with Gasteiger partial charge in [0.1, 0.15) is 17.2 Å². The first-order chi connectivity index (χ1) is 8.61. The molecule has 0 radical (unpaired) electrons. The van der Waals surface area contributed by atoms with Crippen molar-refractivity contribution < 1.29 is 9.59 Å². The maximum absolute atomic E-state index is 12.0. The fourth-order valence-corrected chi connectivity index (χ4v) is 2.24. The zero-order chi connectivity index (χ0) is 12.9. The molecule has 2 aromatic rings. The van der Waals surface area contributed by atoms with Gasteiger partial charge in [0.15, 0.2) is 0 Å². The fraction of sp³-hybridized carbons (Fsp3) is 0.214. The van der Waals surface area contributed by atoms with Crippen LogP contribution in [0.3, 0.4) is 0 Å². The number of hydrogen-bond donors (Lipinski definition) is 1. The van der Waals surface area contributed by atoms with Gasteiger partial charge in [-0.05, 0) is 13.0 Å². The monoisotopic (exact) mass is 240 g/mol. The average molecular weight is 240 g/mol. The largest absolute Gasteiger partial charge is 0.339 e. The molecule has 90 valence electrons. The Labute approximate surface area is 104 Å². The number of Topliss-reactive ketones (excluding diaryl/α,β-unsaturated/α-hetero) is 2. The van der Waals surface area contributed by atoms with Crippen LogP contribution in [0.25, 0.3) is 11.3 Å². The lowest BCUT2D eigenvalue weighted by Gasteiger charge is -2.13. The number of carbonyl (C=O) groups is 2. The molecule has 0 fully saturated rings. The molecule has 0 spiro atoms. The number of aromatic nitrogens is 2. The van der Waals surface area contributed by atoms with Gasteiger partial charge in [0, 0.05) is 17.5 Å². The van der Waals surface area contributed by atoms with E-state index < -0.39 is 11.6 Å². The summed E-state index contributed by atoms with van der Waals surface area (Å²) in [5, 5.41) is 0. The first-order valence-electron chi connectivity index (χ1n) is 5.90. The number of carbonyl (C=O) groups excluding carboxylic acids is 2. The van der Waals surface area contributed by atoms with Crippen LogP contribution in [-0.2, 0) is 6.42 Å². The quantitative estimate of drug-likeness (QED) is 0.778. The summed E-state index contributed by atoms with van der Waals surface area (Å²) in [6.07, 6.45) is 0.704. The van der Waals surface area contributed by atoms with Gasteiger partial charge in [0.05, 0.1) is 0 Å². The standard InChI is InChI=1S/C14H12N2O2/c1-3-10-15-11-8-5-4-7(2)6-9(8)13(17)14(18)12(11)16-10/h4-6H,3H2,1-2H3,(H,15,16). The molecule has 1 aromatic carbocycles. The minimum absolute atomic E-state index is 0.327. The van der Waals surface area contributed by atoms with Gasteiger partial charge in [-0.15, -0.1) is 0 Å².